The fraction of sp³-hybridized carbons (Fsp3) is 0.222. The molecule has 10 heavy (non-hydrogen) atoms. The predicted octanol–water partition coefficient (Wildman–Crippen LogP) is 2.40. The standard InChI is InChI=1S/C8H10.CN/c1-7-5-3-4-6-8(7)2;1-2/h3-6H,1-2H3;/q;-1. The van der Waals surface area contributed by atoms with Gasteiger partial charge in [0.25, 0.3) is 0 Å². The first-order valence-corrected chi connectivity index (χ1v) is 3.05. The second kappa shape index (κ2) is 4.58. The summed E-state index contributed by atoms with van der Waals surface area (Å²) in [6.07, 6.45) is 0. The lowest BCUT2D eigenvalue weighted by atomic mass is 10.1. The van der Waals surface area contributed by atoms with Gasteiger partial charge in [-0.3, -0.25) is 0 Å². The van der Waals surface area contributed by atoms with Crippen LogP contribution in [-0.4, -0.2) is 0 Å². The van der Waals surface area contributed by atoms with E-state index >= 15 is 0 Å². The maximum Gasteiger partial charge on any atom is -0.0395 e. The van der Waals surface area contributed by atoms with Crippen LogP contribution in [0.2, 0.25) is 0 Å². The van der Waals surface area contributed by atoms with Crippen molar-refractivity contribution in [3.63, 3.8) is 0 Å². The van der Waals surface area contributed by atoms with Crippen LogP contribution in [0.5, 0.6) is 0 Å². The summed E-state index contributed by atoms with van der Waals surface area (Å²) in [7, 11) is 0. The van der Waals surface area contributed by atoms with Gasteiger partial charge in [-0.1, -0.05) is 24.3 Å². The van der Waals surface area contributed by atoms with Gasteiger partial charge in [-0.2, -0.15) is 0 Å². The Kier molecular flexibility index (Phi) is 3.99. The van der Waals surface area contributed by atoms with Crippen molar-refractivity contribution >= 4 is 0 Å². The molecule has 0 aliphatic heterocycles. The van der Waals surface area contributed by atoms with Gasteiger partial charge in [0.05, 0.1) is 0 Å². The van der Waals surface area contributed by atoms with E-state index in [4.69, 9.17) is 11.8 Å². The number of nitrogens with zero attached hydrogens (tertiary/aromatic N) is 1. The van der Waals surface area contributed by atoms with Crippen LogP contribution in [0.4, 0.5) is 0 Å². The van der Waals surface area contributed by atoms with E-state index in [0.717, 1.165) is 0 Å². The Morgan fingerprint density at radius 2 is 1.30 bits per heavy atom. The quantitative estimate of drug-likeness (QED) is 0.497. The maximum absolute atomic E-state index is 6.25. The summed E-state index contributed by atoms with van der Waals surface area (Å²) in [6, 6.07) is 8.36. The van der Waals surface area contributed by atoms with Crippen molar-refractivity contribution in [1.82, 2.24) is 0 Å². The zero-order valence-corrected chi connectivity index (χ0v) is 6.26. The van der Waals surface area contributed by atoms with Crippen LogP contribution in [0.25, 0.3) is 0 Å². The Balaban J connectivity index is 0.000000371. The fourth-order valence-corrected chi connectivity index (χ4v) is 0.663. The monoisotopic (exact) mass is 132 g/mol. The maximum atomic E-state index is 6.25. The van der Waals surface area contributed by atoms with Crippen LogP contribution in [0.3, 0.4) is 0 Å². The van der Waals surface area contributed by atoms with Gasteiger partial charge in [0.1, 0.15) is 0 Å². The average Bonchev–Trinajstić information content (AvgIpc) is 2.00. The second-order valence-corrected chi connectivity index (χ2v) is 2.08. The summed E-state index contributed by atoms with van der Waals surface area (Å²) in [5.41, 5.74) is 2.74. The Bertz CT molecular complexity index is 192. The van der Waals surface area contributed by atoms with E-state index in [1.165, 1.54) is 11.1 Å². The van der Waals surface area contributed by atoms with Crippen LogP contribution >= 0.6 is 0 Å². The SMILES string of the molecule is Cc1ccccc1C.[C-]#N. The summed E-state index contributed by atoms with van der Waals surface area (Å²) < 4.78 is 0. The minimum absolute atomic E-state index is 1.37. The van der Waals surface area contributed by atoms with Crippen LogP contribution in [0, 0.1) is 25.7 Å². The van der Waals surface area contributed by atoms with E-state index in [2.05, 4.69) is 38.1 Å². The molecule has 52 valence electrons. The molecule has 1 rings (SSSR count). The second-order valence-electron chi connectivity index (χ2n) is 2.08. The third-order valence-corrected chi connectivity index (χ3v) is 1.43. The van der Waals surface area contributed by atoms with E-state index in [1.807, 2.05) is 0 Å². The van der Waals surface area contributed by atoms with E-state index in [9.17, 15) is 0 Å². The first-order valence-electron chi connectivity index (χ1n) is 3.05. The minimum atomic E-state index is 1.37. The highest BCUT2D eigenvalue weighted by Crippen LogP contribution is 2.02. The van der Waals surface area contributed by atoms with Gasteiger partial charge in [-0.05, 0) is 25.0 Å². The van der Waals surface area contributed by atoms with Gasteiger partial charge < -0.3 is 11.8 Å². The highest BCUT2D eigenvalue weighted by Gasteiger charge is 1.83. The molecule has 0 heterocycles. The molecule has 0 saturated heterocycles. The Morgan fingerprint density at radius 1 is 1.00 bits per heavy atom. The van der Waals surface area contributed by atoms with Gasteiger partial charge >= 0.3 is 0 Å². The van der Waals surface area contributed by atoms with Crippen molar-refractivity contribution in [2.24, 2.45) is 0 Å². The van der Waals surface area contributed by atoms with Gasteiger partial charge in [0.2, 0.25) is 0 Å². The molecule has 0 spiro atoms. The first-order chi connectivity index (χ1) is 4.80. The van der Waals surface area contributed by atoms with Crippen LogP contribution in [0.1, 0.15) is 11.1 Å². The molecule has 1 aromatic rings. The summed E-state index contributed by atoms with van der Waals surface area (Å²) in [5, 5.41) is 6.25. The topological polar surface area (TPSA) is 23.8 Å². The molecule has 0 aliphatic carbocycles. The number of hydrogen-bond donors (Lipinski definition) is 0. The van der Waals surface area contributed by atoms with E-state index in [-0.39, 0.29) is 0 Å². The molecule has 0 saturated carbocycles. The highest BCUT2D eigenvalue weighted by atomic mass is 14.2. The van der Waals surface area contributed by atoms with Gasteiger partial charge in [0, 0.05) is 0 Å². The van der Waals surface area contributed by atoms with Crippen molar-refractivity contribution in [1.29, 1.82) is 5.26 Å². The van der Waals surface area contributed by atoms with E-state index < -0.39 is 0 Å². The predicted molar refractivity (Wildman–Crippen MR) is 40.9 cm³/mol. The van der Waals surface area contributed by atoms with Crippen molar-refractivity contribution < 1.29 is 0 Å². The number of aryl methyl sites for hydroxylation is 2. The van der Waals surface area contributed by atoms with Crippen LogP contribution in [-0.2, 0) is 0 Å². The summed E-state index contributed by atoms with van der Waals surface area (Å²) in [6.45, 7) is 8.99. The molecule has 0 radical (unpaired) electrons. The van der Waals surface area contributed by atoms with Gasteiger partial charge in [0.15, 0.2) is 0 Å². The molecule has 0 aromatic heterocycles. The molecule has 1 heteroatoms. The van der Waals surface area contributed by atoms with E-state index in [0.29, 0.717) is 0 Å². The third-order valence-electron chi connectivity index (χ3n) is 1.43. The van der Waals surface area contributed by atoms with Crippen molar-refractivity contribution in [2.45, 2.75) is 13.8 Å². The lowest BCUT2D eigenvalue weighted by Gasteiger charge is -1.93. The molecule has 1 nitrogen and oxygen atoms in total. The molecule has 0 amide bonds. The Morgan fingerprint density at radius 3 is 1.50 bits per heavy atom. The Labute approximate surface area is 61.9 Å². The zero-order chi connectivity index (χ0) is 7.98. The molecule has 0 aliphatic rings. The van der Waals surface area contributed by atoms with Crippen LogP contribution in [0.15, 0.2) is 24.3 Å². The lowest BCUT2D eigenvalue weighted by molar-refractivity contribution is 1.34. The molecule has 0 unspecified atom stereocenters. The summed E-state index contributed by atoms with van der Waals surface area (Å²) in [5.74, 6) is 0. The molecule has 0 bridgehead atoms. The third kappa shape index (κ3) is 2.32. The highest BCUT2D eigenvalue weighted by molar-refractivity contribution is 5.23. The average molecular weight is 132 g/mol. The van der Waals surface area contributed by atoms with Gasteiger partial charge in [-0.25, -0.2) is 0 Å². The molecule has 1 aromatic carbocycles. The summed E-state index contributed by atoms with van der Waals surface area (Å²) in [4.78, 5) is 0. The number of rotatable bonds is 0. The first kappa shape index (κ1) is 8.71. The Hall–Kier alpha value is -1.29. The normalized spacial score (nSPS) is 7.60. The van der Waals surface area contributed by atoms with E-state index in [1.54, 1.807) is 0 Å². The molecular formula is C9H10N-. The molecular weight excluding hydrogens is 122 g/mol. The van der Waals surface area contributed by atoms with Crippen molar-refractivity contribution in [2.75, 3.05) is 0 Å². The lowest BCUT2D eigenvalue weighted by Crippen LogP contribution is -1.74. The van der Waals surface area contributed by atoms with Gasteiger partial charge in [-0.15, -0.1) is 0 Å². The number of hydrogen-bond acceptors (Lipinski definition) is 1. The molecule has 0 fully saturated rings. The fourth-order valence-electron chi connectivity index (χ4n) is 0.663. The van der Waals surface area contributed by atoms with Crippen molar-refractivity contribution in [3.8, 4) is 0 Å². The molecule has 0 N–H and O–H groups in total. The largest absolute Gasteiger partial charge is 0.512 e. The smallest absolute Gasteiger partial charge is 0.0395 e. The summed E-state index contributed by atoms with van der Waals surface area (Å²) >= 11 is 0. The number of benzene rings is 1. The van der Waals surface area contributed by atoms with Crippen LogP contribution < -0.4 is 0 Å². The zero-order valence-electron chi connectivity index (χ0n) is 6.26. The minimum Gasteiger partial charge on any atom is -0.512 e. The van der Waals surface area contributed by atoms with Crippen molar-refractivity contribution in [3.05, 3.63) is 42.0 Å². The molecule has 0 atom stereocenters.